The lowest BCUT2D eigenvalue weighted by Crippen LogP contribution is -2.05. The average molecular weight is 444 g/mol. The summed E-state index contributed by atoms with van der Waals surface area (Å²) >= 11 is 0. The van der Waals surface area contributed by atoms with Crippen LogP contribution >= 0.6 is 0 Å². The summed E-state index contributed by atoms with van der Waals surface area (Å²) in [4.78, 5) is 16.0. The van der Waals surface area contributed by atoms with Gasteiger partial charge < -0.3 is 14.4 Å². The Morgan fingerprint density at radius 2 is 1.91 bits per heavy atom. The van der Waals surface area contributed by atoms with Crippen LogP contribution in [0.3, 0.4) is 0 Å². The second-order valence-corrected chi connectivity index (χ2v) is 8.13. The van der Waals surface area contributed by atoms with Gasteiger partial charge in [-0.1, -0.05) is 13.8 Å². The minimum absolute atomic E-state index is 0.0416. The van der Waals surface area contributed by atoms with Crippen molar-refractivity contribution in [2.24, 2.45) is 0 Å². The van der Waals surface area contributed by atoms with Gasteiger partial charge in [0.2, 0.25) is 0 Å². The summed E-state index contributed by atoms with van der Waals surface area (Å²) < 4.78 is 21.4. The van der Waals surface area contributed by atoms with Gasteiger partial charge in [0.25, 0.3) is 0 Å². The van der Waals surface area contributed by atoms with Crippen molar-refractivity contribution >= 4 is 27.8 Å². The Kier molecular flexibility index (Phi) is 4.85. The third-order valence-electron chi connectivity index (χ3n) is 5.75. The Morgan fingerprint density at radius 1 is 1.15 bits per heavy atom. The van der Waals surface area contributed by atoms with Crippen LogP contribution in [0.4, 0.5) is 4.39 Å². The maximum atomic E-state index is 13.7. The van der Waals surface area contributed by atoms with Crippen molar-refractivity contribution < 1.29 is 19.0 Å². The van der Waals surface area contributed by atoms with Gasteiger partial charge in [0.1, 0.15) is 17.3 Å². The summed E-state index contributed by atoms with van der Waals surface area (Å²) in [5.74, 6) is -0.977. The number of aromatic carboxylic acids is 1. The van der Waals surface area contributed by atoms with E-state index in [1.54, 1.807) is 18.3 Å². The molecule has 7 nitrogen and oxygen atoms in total. The first-order valence-corrected chi connectivity index (χ1v) is 10.4. The average Bonchev–Trinajstić information content (AvgIpc) is 3.39. The van der Waals surface area contributed by atoms with Crippen molar-refractivity contribution in [1.82, 2.24) is 19.7 Å². The van der Waals surface area contributed by atoms with Gasteiger partial charge in [0, 0.05) is 33.9 Å². The fourth-order valence-corrected chi connectivity index (χ4v) is 4.31. The van der Waals surface area contributed by atoms with Gasteiger partial charge in [-0.3, -0.25) is 10.1 Å². The number of hydrogen-bond donors (Lipinski definition) is 2. The predicted molar refractivity (Wildman–Crippen MR) is 124 cm³/mol. The number of aromatic amines is 1. The molecule has 166 valence electrons. The first-order chi connectivity index (χ1) is 15.9. The van der Waals surface area contributed by atoms with E-state index >= 15 is 0 Å². The standard InChI is InChI=1S/C25H21FN4O3/c1-13(2)24-22(23-21(33-3)9-15(11-27-23)25(31)32)18-10-19-14(12-28-29-19)8-20(18)30(24)17-6-4-16(26)5-7-17/h4-13H,1-3H3,(H,28,29)(H,31,32). The summed E-state index contributed by atoms with van der Waals surface area (Å²) in [5.41, 5.74) is 4.92. The lowest BCUT2D eigenvalue weighted by Gasteiger charge is -2.16. The van der Waals surface area contributed by atoms with Crippen LogP contribution in [-0.2, 0) is 0 Å². The highest BCUT2D eigenvalue weighted by Gasteiger charge is 2.26. The van der Waals surface area contributed by atoms with Crippen LogP contribution in [0.25, 0.3) is 38.8 Å². The molecular formula is C25H21FN4O3. The number of nitrogens with one attached hydrogen (secondary N) is 1. The first kappa shape index (κ1) is 20.7. The normalized spacial score (nSPS) is 11.5. The van der Waals surface area contributed by atoms with E-state index < -0.39 is 5.97 Å². The Bertz CT molecular complexity index is 1520. The van der Waals surface area contributed by atoms with Gasteiger partial charge in [0.05, 0.1) is 29.9 Å². The molecule has 0 aliphatic rings. The lowest BCUT2D eigenvalue weighted by atomic mass is 9.98. The molecule has 0 amide bonds. The van der Waals surface area contributed by atoms with Crippen molar-refractivity contribution in [2.75, 3.05) is 7.11 Å². The summed E-state index contributed by atoms with van der Waals surface area (Å²) in [6.07, 6.45) is 3.09. The number of hydrogen-bond acceptors (Lipinski definition) is 4. The molecule has 0 saturated carbocycles. The Balaban J connectivity index is 1.94. The first-order valence-electron chi connectivity index (χ1n) is 10.4. The fourth-order valence-electron chi connectivity index (χ4n) is 4.31. The van der Waals surface area contributed by atoms with Crippen LogP contribution in [0, 0.1) is 5.82 Å². The van der Waals surface area contributed by atoms with Crippen LogP contribution in [0.2, 0.25) is 0 Å². The Labute approximate surface area is 188 Å². The molecule has 3 heterocycles. The highest BCUT2D eigenvalue weighted by Crippen LogP contribution is 2.44. The molecule has 2 aromatic carbocycles. The molecule has 0 radical (unpaired) electrons. The summed E-state index contributed by atoms with van der Waals surface area (Å²) in [6, 6.07) is 11.9. The van der Waals surface area contributed by atoms with Crippen LogP contribution in [0.1, 0.15) is 35.8 Å². The second kappa shape index (κ2) is 7.74. The maximum Gasteiger partial charge on any atom is 0.337 e. The molecule has 5 rings (SSSR count). The minimum atomic E-state index is -1.08. The molecule has 0 unspecified atom stereocenters. The number of carbonyl (C=O) groups is 1. The quantitative estimate of drug-likeness (QED) is 0.371. The van der Waals surface area contributed by atoms with Gasteiger partial charge in [-0.15, -0.1) is 0 Å². The smallest absolute Gasteiger partial charge is 0.337 e. The second-order valence-electron chi connectivity index (χ2n) is 8.13. The molecule has 0 saturated heterocycles. The van der Waals surface area contributed by atoms with Gasteiger partial charge in [-0.2, -0.15) is 5.10 Å². The zero-order valence-electron chi connectivity index (χ0n) is 18.3. The minimum Gasteiger partial charge on any atom is -0.494 e. The van der Waals surface area contributed by atoms with E-state index in [2.05, 4.69) is 33.6 Å². The van der Waals surface area contributed by atoms with Crippen LogP contribution in [0.15, 0.2) is 54.9 Å². The zero-order valence-corrected chi connectivity index (χ0v) is 18.3. The molecule has 0 aliphatic heterocycles. The topological polar surface area (TPSA) is 93.0 Å². The van der Waals surface area contributed by atoms with E-state index in [0.29, 0.717) is 11.4 Å². The third-order valence-corrected chi connectivity index (χ3v) is 5.75. The van der Waals surface area contributed by atoms with Gasteiger partial charge in [-0.05, 0) is 48.4 Å². The van der Waals surface area contributed by atoms with Crippen LogP contribution in [-0.4, -0.2) is 37.9 Å². The van der Waals surface area contributed by atoms with E-state index in [1.807, 2.05) is 12.1 Å². The molecule has 0 aliphatic carbocycles. The van der Waals surface area contributed by atoms with Crippen LogP contribution in [0.5, 0.6) is 5.75 Å². The van der Waals surface area contributed by atoms with Crippen molar-refractivity contribution in [1.29, 1.82) is 0 Å². The number of rotatable bonds is 5. The van der Waals surface area contributed by atoms with E-state index in [0.717, 1.165) is 38.8 Å². The molecule has 0 spiro atoms. The summed E-state index contributed by atoms with van der Waals surface area (Å²) in [7, 11) is 1.49. The fraction of sp³-hybridized carbons (Fsp3) is 0.160. The Morgan fingerprint density at radius 3 is 2.58 bits per heavy atom. The number of methoxy groups -OCH3 is 1. The largest absolute Gasteiger partial charge is 0.494 e. The van der Waals surface area contributed by atoms with E-state index in [9.17, 15) is 14.3 Å². The Hall–Kier alpha value is -4.20. The SMILES string of the molecule is COc1cc(C(=O)O)cnc1-c1c(C(C)C)n(-c2ccc(F)cc2)c2cc3cn[nH]c3cc12. The number of aromatic nitrogens is 4. The molecule has 0 fully saturated rings. The molecular weight excluding hydrogens is 423 g/mol. The number of benzene rings is 2. The molecule has 0 bridgehead atoms. The highest BCUT2D eigenvalue weighted by molar-refractivity contribution is 6.06. The zero-order chi connectivity index (χ0) is 23.3. The molecule has 0 atom stereocenters. The number of pyridine rings is 1. The third kappa shape index (κ3) is 3.31. The maximum absolute atomic E-state index is 13.7. The van der Waals surface area contributed by atoms with Crippen LogP contribution < -0.4 is 4.74 Å². The van der Waals surface area contributed by atoms with E-state index in [1.165, 1.54) is 31.5 Å². The van der Waals surface area contributed by atoms with E-state index in [4.69, 9.17) is 4.74 Å². The number of H-pyrrole nitrogens is 1. The molecule has 5 aromatic rings. The monoisotopic (exact) mass is 444 g/mol. The number of halogens is 1. The van der Waals surface area contributed by atoms with E-state index in [-0.39, 0.29) is 17.3 Å². The van der Waals surface area contributed by atoms with Gasteiger partial charge in [0.15, 0.2) is 0 Å². The molecule has 3 aromatic heterocycles. The van der Waals surface area contributed by atoms with Crippen molar-refractivity contribution in [2.45, 2.75) is 19.8 Å². The lowest BCUT2D eigenvalue weighted by molar-refractivity contribution is 0.0696. The highest BCUT2D eigenvalue weighted by atomic mass is 19.1. The van der Waals surface area contributed by atoms with Crippen molar-refractivity contribution in [3.8, 4) is 22.7 Å². The van der Waals surface area contributed by atoms with Gasteiger partial charge >= 0.3 is 5.97 Å². The molecule has 8 heteroatoms. The molecule has 2 N–H and O–H groups in total. The number of nitrogens with zero attached hydrogens (tertiary/aromatic N) is 3. The molecule has 33 heavy (non-hydrogen) atoms. The number of carboxylic acid groups (broad SMARTS) is 1. The predicted octanol–water partition coefficient (Wildman–Crippen LogP) is 5.54. The van der Waals surface area contributed by atoms with Crippen molar-refractivity contribution in [3.05, 3.63) is 71.9 Å². The number of ether oxygens (including phenoxy) is 1. The summed E-state index contributed by atoms with van der Waals surface area (Å²) in [6.45, 7) is 4.15. The number of fused-ring (bicyclic) bond motifs is 2. The number of carboxylic acids is 1. The van der Waals surface area contributed by atoms with Gasteiger partial charge in [-0.25, -0.2) is 9.18 Å². The van der Waals surface area contributed by atoms with Crippen molar-refractivity contribution in [3.63, 3.8) is 0 Å². The summed E-state index contributed by atoms with van der Waals surface area (Å²) in [5, 5.41) is 18.4.